The number of nitrogens with zero attached hydrogens (tertiary/aromatic N) is 3. The lowest BCUT2D eigenvalue weighted by Gasteiger charge is -2.40. The molecule has 3 aromatic rings. The maximum absolute atomic E-state index is 13.8. The molecule has 1 aliphatic heterocycles. The number of thiazole rings is 1. The highest BCUT2D eigenvalue weighted by Gasteiger charge is 2.40. The van der Waals surface area contributed by atoms with Crippen LogP contribution in [0.4, 0.5) is 0 Å². The second-order valence-electron chi connectivity index (χ2n) is 9.60. The summed E-state index contributed by atoms with van der Waals surface area (Å²) < 4.78 is 0. The Labute approximate surface area is 226 Å². The number of carbonyl (C=O) groups is 3. The van der Waals surface area contributed by atoms with Gasteiger partial charge in [0.25, 0.3) is 5.91 Å². The van der Waals surface area contributed by atoms with E-state index in [4.69, 9.17) is 0 Å². The van der Waals surface area contributed by atoms with E-state index in [-0.39, 0.29) is 24.3 Å². The zero-order valence-electron chi connectivity index (χ0n) is 21.7. The van der Waals surface area contributed by atoms with Gasteiger partial charge in [0.05, 0.1) is 11.7 Å². The van der Waals surface area contributed by atoms with Gasteiger partial charge in [0, 0.05) is 24.7 Å². The molecule has 2 heterocycles. The highest BCUT2D eigenvalue weighted by Crippen LogP contribution is 2.30. The third-order valence-electron chi connectivity index (χ3n) is 6.47. The number of aliphatic hydroxyl groups is 1. The second-order valence-corrected chi connectivity index (χ2v) is 10.5. The lowest BCUT2D eigenvalue weighted by molar-refractivity contribution is -0.144. The zero-order chi connectivity index (χ0) is 27.2. The summed E-state index contributed by atoms with van der Waals surface area (Å²) in [5.74, 6) is -1.16. The molecular weight excluding hydrogens is 500 g/mol. The molecule has 3 atom stereocenters. The van der Waals surface area contributed by atoms with Crippen LogP contribution in [-0.2, 0) is 20.8 Å². The Morgan fingerprint density at radius 2 is 1.74 bits per heavy atom. The summed E-state index contributed by atoms with van der Waals surface area (Å²) in [7, 11) is 0. The summed E-state index contributed by atoms with van der Waals surface area (Å²) in [5, 5.41) is 16.3. The fraction of sp³-hybridized carbons (Fsp3) is 0.310. The normalized spacial score (nSPS) is 17.2. The summed E-state index contributed by atoms with van der Waals surface area (Å²) >= 11 is 1.31. The van der Waals surface area contributed by atoms with Gasteiger partial charge in [-0.1, -0.05) is 74.5 Å². The van der Waals surface area contributed by atoms with Crippen LogP contribution in [0.5, 0.6) is 0 Å². The third kappa shape index (κ3) is 6.17. The van der Waals surface area contributed by atoms with E-state index in [0.29, 0.717) is 22.7 Å². The first-order valence-corrected chi connectivity index (χ1v) is 13.4. The number of carbonyl (C=O) groups excluding carboxylic acids is 3. The first-order chi connectivity index (χ1) is 18.3. The molecule has 2 N–H and O–H groups in total. The van der Waals surface area contributed by atoms with E-state index in [1.807, 2.05) is 74.5 Å². The average molecular weight is 533 g/mol. The van der Waals surface area contributed by atoms with Crippen LogP contribution < -0.4 is 5.32 Å². The lowest BCUT2D eigenvalue weighted by atomic mass is 9.97. The molecular formula is C29H32N4O4S. The maximum Gasteiger partial charge on any atom is 0.250 e. The lowest BCUT2D eigenvalue weighted by Crippen LogP contribution is -2.56. The van der Waals surface area contributed by atoms with E-state index in [0.717, 1.165) is 5.56 Å². The third-order valence-corrected chi connectivity index (χ3v) is 7.31. The minimum Gasteiger partial charge on any atom is -0.384 e. The largest absolute Gasteiger partial charge is 0.384 e. The van der Waals surface area contributed by atoms with Gasteiger partial charge in [-0.2, -0.15) is 0 Å². The van der Waals surface area contributed by atoms with E-state index in [1.54, 1.807) is 17.8 Å². The van der Waals surface area contributed by atoms with Crippen molar-refractivity contribution in [1.29, 1.82) is 0 Å². The Balaban J connectivity index is 1.63. The minimum atomic E-state index is -1.02. The molecule has 38 heavy (non-hydrogen) atoms. The number of aliphatic hydroxyl groups excluding tert-OH is 1. The van der Waals surface area contributed by atoms with Crippen molar-refractivity contribution < 1.29 is 19.5 Å². The van der Waals surface area contributed by atoms with Gasteiger partial charge in [-0.25, -0.2) is 4.98 Å². The molecule has 0 saturated heterocycles. The standard InChI is InChI=1S/C29H32N4O4S/c1-19(2)26-29(37)33(24(17-32(26)20(3)34)22-12-8-5-9-13-22)18-25(35)31-23(16-21-10-6-4-7-11-21)27(36)28-30-14-15-38-28/h4-15,17,19,23,26-27,36H,16,18H2,1-3H3,(H,31,35)/t23-,26?,27?/m0/s1. The van der Waals surface area contributed by atoms with Crippen molar-refractivity contribution >= 4 is 34.8 Å². The van der Waals surface area contributed by atoms with E-state index in [1.165, 1.54) is 28.1 Å². The van der Waals surface area contributed by atoms with Crippen LogP contribution in [0, 0.1) is 5.92 Å². The molecule has 0 saturated carbocycles. The van der Waals surface area contributed by atoms with Gasteiger partial charge in [-0.05, 0) is 23.5 Å². The van der Waals surface area contributed by atoms with Gasteiger partial charge in [0.15, 0.2) is 0 Å². The van der Waals surface area contributed by atoms with Gasteiger partial charge in [-0.3, -0.25) is 19.3 Å². The molecule has 0 bridgehead atoms. The van der Waals surface area contributed by atoms with E-state index >= 15 is 0 Å². The summed E-state index contributed by atoms with van der Waals surface area (Å²) in [4.78, 5) is 46.8. The van der Waals surface area contributed by atoms with Crippen molar-refractivity contribution in [3.05, 3.63) is 94.6 Å². The molecule has 2 unspecified atom stereocenters. The van der Waals surface area contributed by atoms with E-state index in [9.17, 15) is 19.5 Å². The van der Waals surface area contributed by atoms with Crippen LogP contribution in [-0.4, -0.2) is 56.2 Å². The minimum absolute atomic E-state index is 0.164. The predicted octanol–water partition coefficient (Wildman–Crippen LogP) is 3.62. The van der Waals surface area contributed by atoms with Crippen LogP contribution in [0.15, 0.2) is 78.4 Å². The number of benzene rings is 2. The molecule has 1 aromatic heterocycles. The number of hydrogen-bond donors (Lipinski definition) is 2. The van der Waals surface area contributed by atoms with Gasteiger partial charge >= 0.3 is 0 Å². The van der Waals surface area contributed by atoms with Gasteiger partial charge < -0.3 is 15.3 Å². The molecule has 1 aliphatic rings. The topological polar surface area (TPSA) is 103 Å². The highest BCUT2D eigenvalue weighted by atomic mass is 32.1. The molecule has 0 aliphatic carbocycles. The summed E-state index contributed by atoms with van der Waals surface area (Å²) in [6.45, 7) is 4.92. The molecule has 0 fully saturated rings. The van der Waals surface area contributed by atoms with E-state index < -0.39 is 24.1 Å². The Bertz CT molecular complexity index is 1280. The molecule has 0 radical (unpaired) electrons. The molecule has 198 valence electrons. The fourth-order valence-corrected chi connectivity index (χ4v) is 5.32. The SMILES string of the molecule is CC(=O)N1C=C(c2ccccc2)N(CC(=O)N[C@@H](Cc2ccccc2)C(O)c2nccs2)C(=O)C1C(C)C. The van der Waals surface area contributed by atoms with Crippen molar-refractivity contribution in [2.24, 2.45) is 5.92 Å². The van der Waals surface area contributed by atoms with Crippen molar-refractivity contribution in [2.75, 3.05) is 6.54 Å². The smallest absolute Gasteiger partial charge is 0.250 e. The Kier molecular flexibility index (Phi) is 8.70. The first kappa shape index (κ1) is 27.2. The molecule has 9 heteroatoms. The van der Waals surface area contributed by atoms with Crippen LogP contribution in [0.25, 0.3) is 5.70 Å². The zero-order valence-corrected chi connectivity index (χ0v) is 22.5. The molecule has 4 rings (SSSR count). The van der Waals surface area contributed by atoms with Crippen LogP contribution in [0.2, 0.25) is 0 Å². The molecule has 0 spiro atoms. The fourth-order valence-electron chi connectivity index (χ4n) is 4.63. The van der Waals surface area contributed by atoms with Crippen molar-refractivity contribution in [2.45, 2.75) is 45.4 Å². The quantitative estimate of drug-likeness (QED) is 0.438. The molecule has 8 nitrogen and oxygen atoms in total. The second kappa shape index (κ2) is 12.1. The number of nitrogens with one attached hydrogen (secondary N) is 1. The number of amides is 3. The number of rotatable bonds is 9. The monoisotopic (exact) mass is 532 g/mol. The number of aromatic nitrogens is 1. The average Bonchev–Trinajstić information content (AvgIpc) is 3.44. The van der Waals surface area contributed by atoms with Crippen LogP contribution in [0.1, 0.15) is 43.0 Å². The summed E-state index contributed by atoms with van der Waals surface area (Å²) in [6.07, 6.45) is 2.64. The summed E-state index contributed by atoms with van der Waals surface area (Å²) in [5.41, 5.74) is 2.13. The van der Waals surface area contributed by atoms with Crippen molar-refractivity contribution in [1.82, 2.24) is 20.1 Å². The van der Waals surface area contributed by atoms with Gasteiger partial charge in [0.1, 0.15) is 23.7 Å². The Hall–Kier alpha value is -3.82. The Morgan fingerprint density at radius 1 is 1.08 bits per heavy atom. The highest BCUT2D eigenvalue weighted by molar-refractivity contribution is 7.09. The number of hydrogen-bond acceptors (Lipinski definition) is 6. The van der Waals surface area contributed by atoms with Gasteiger partial charge in [0.2, 0.25) is 11.8 Å². The molecule has 3 amide bonds. The van der Waals surface area contributed by atoms with E-state index in [2.05, 4.69) is 10.3 Å². The first-order valence-electron chi connectivity index (χ1n) is 12.5. The Morgan fingerprint density at radius 3 is 2.32 bits per heavy atom. The van der Waals surface area contributed by atoms with Crippen LogP contribution in [0.3, 0.4) is 0 Å². The van der Waals surface area contributed by atoms with Gasteiger partial charge in [-0.15, -0.1) is 11.3 Å². The summed E-state index contributed by atoms with van der Waals surface area (Å²) in [6, 6.07) is 17.4. The predicted molar refractivity (Wildman–Crippen MR) is 146 cm³/mol. The van der Waals surface area contributed by atoms with Crippen LogP contribution >= 0.6 is 11.3 Å². The van der Waals surface area contributed by atoms with Crippen molar-refractivity contribution in [3.63, 3.8) is 0 Å². The maximum atomic E-state index is 13.8. The molecule has 2 aromatic carbocycles. The van der Waals surface area contributed by atoms with Crippen molar-refractivity contribution in [3.8, 4) is 0 Å².